The summed E-state index contributed by atoms with van der Waals surface area (Å²) in [4.78, 5) is 0. The fourth-order valence-corrected chi connectivity index (χ4v) is 3.01. The quantitative estimate of drug-likeness (QED) is 0.677. The molecule has 1 saturated carbocycles. The van der Waals surface area contributed by atoms with Crippen molar-refractivity contribution in [1.82, 2.24) is 0 Å². The Kier molecular flexibility index (Phi) is 4.22. The Morgan fingerprint density at radius 2 is 1.94 bits per heavy atom. The smallest absolute Gasteiger partial charge is 0.126 e. The highest BCUT2D eigenvalue weighted by Gasteiger charge is 2.19. The normalized spacial score (nSPS) is 18.9. The summed E-state index contributed by atoms with van der Waals surface area (Å²) in [6.45, 7) is 0. The Bertz CT molecular complexity index is 331. The van der Waals surface area contributed by atoms with Crippen molar-refractivity contribution >= 4 is 11.6 Å². The molecule has 0 aliphatic heterocycles. The van der Waals surface area contributed by atoms with E-state index in [0.717, 1.165) is 17.9 Å². The molecule has 0 saturated heterocycles. The number of hydrogen-bond donors (Lipinski definition) is 0. The SMILES string of the molecule is Fc1ccccc1CC(Cl)CC1CCCC1. The van der Waals surface area contributed by atoms with Crippen LogP contribution < -0.4 is 0 Å². The van der Waals surface area contributed by atoms with Crippen LogP contribution in [-0.4, -0.2) is 5.38 Å². The molecular weight excluding hydrogens is 223 g/mol. The lowest BCUT2D eigenvalue weighted by molar-refractivity contribution is 0.484. The predicted molar refractivity (Wildman–Crippen MR) is 66.3 cm³/mol. The van der Waals surface area contributed by atoms with Gasteiger partial charge in [-0.2, -0.15) is 0 Å². The van der Waals surface area contributed by atoms with Crippen molar-refractivity contribution in [2.75, 3.05) is 0 Å². The van der Waals surface area contributed by atoms with Crippen molar-refractivity contribution in [2.45, 2.75) is 43.9 Å². The van der Waals surface area contributed by atoms with Gasteiger partial charge in [-0.3, -0.25) is 0 Å². The van der Waals surface area contributed by atoms with Crippen LogP contribution in [0.5, 0.6) is 0 Å². The summed E-state index contributed by atoms with van der Waals surface area (Å²) < 4.78 is 13.4. The van der Waals surface area contributed by atoms with E-state index in [4.69, 9.17) is 11.6 Å². The maximum Gasteiger partial charge on any atom is 0.126 e. The maximum absolute atomic E-state index is 13.4. The molecule has 0 spiro atoms. The first kappa shape index (κ1) is 11.9. The third-order valence-electron chi connectivity index (χ3n) is 3.46. The van der Waals surface area contributed by atoms with Gasteiger partial charge >= 0.3 is 0 Å². The fourth-order valence-electron chi connectivity index (χ4n) is 2.59. The van der Waals surface area contributed by atoms with Crippen molar-refractivity contribution in [3.63, 3.8) is 0 Å². The Labute approximate surface area is 102 Å². The van der Waals surface area contributed by atoms with Crippen LogP contribution in [0, 0.1) is 11.7 Å². The molecule has 1 aliphatic rings. The van der Waals surface area contributed by atoms with Crippen LogP contribution in [0.3, 0.4) is 0 Å². The summed E-state index contributed by atoms with van der Waals surface area (Å²) in [6, 6.07) is 6.94. The van der Waals surface area contributed by atoms with Crippen molar-refractivity contribution in [3.8, 4) is 0 Å². The lowest BCUT2D eigenvalue weighted by atomic mass is 9.98. The second-order valence-corrected chi connectivity index (χ2v) is 5.40. The van der Waals surface area contributed by atoms with Gasteiger partial charge in [0.15, 0.2) is 0 Å². The molecule has 0 radical (unpaired) electrons. The highest BCUT2D eigenvalue weighted by Crippen LogP contribution is 2.31. The number of halogens is 2. The Balaban J connectivity index is 1.86. The van der Waals surface area contributed by atoms with Crippen molar-refractivity contribution in [3.05, 3.63) is 35.6 Å². The molecule has 1 aromatic rings. The molecule has 2 heteroatoms. The van der Waals surface area contributed by atoms with Gasteiger partial charge in [-0.1, -0.05) is 43.9 Å². The molecule has 1 fully saturated rings. The average Bonchev–Trinajstić information content (AvgIpc) is 2.74. The largest absolute Gasteiger partial charge is 0.207 e. The Hall–Kier alpha value is -0.560. The third kappa shape index (κ3) is 3.21. The molecule has 0 aromatic heterocycles. The molecule has 1 aliphatic carbocycles. The van der Waals surface area contributed by atoms with Gasteiger partial charge in [-0.15, -0.1) is 11.6 Å². The average molecular weight is 241 g/mol. The van der Waals surface area contributed by atoms with E-state index < -0.39 is 0 Å². The monoisotopic (exact) mass is 240 g/mol. The number of rotatable bonds is 4. The molecule has 0 heterocycles. The minimum absolute atomic E-state index is 0.0833. The first-order valence-electron chi connectivity index (χ1n) is 6.13. The second kappa shape index (κ2) is 5.67. The maximum atomic E-state index is 13.4. The molecule has 1 atom stereocenters. The van der Waals surface area contributed by atoms with Gasteiger partial charge in [-0.25, -0.2) is 4.39 Å². The first-order valence-corrected chi connectivity index (χ1v) is 6.57. The van der Waals surface area contributed by atoms with E-state index in [0.29, 0.717) is 6.42 Å². The summed E-state index contributed by atoms with van der Waals surface area (Å²) in [7, 11) is 0. The highest BCUT2D eigenvalue weighted by atomic mass is 35.5. The molecule has 0 N–H and O–H groups in total. The van der Waals surface area contributed by atoms with Crippen LogP contribution in [0.4, 0.5) is 4.39 Å². The lowest BCUT2D eigenvalue weighted by Gasteiger charge is -2.14. The second-order valence-electron chi connectivity index (χ2n) is 4.78. The van der Waals surface area contributed by atoms with E-state index in [2.05, 4.69) is 0 Å². The number of hydrogen-bond acceptors (Lipinski definition) is 0. The van der Waals surface area contributed by atoms with Crippen molar-refractivity contribution < 1.29 is 4.39 Å². The van der Waals surface area contributed by atoms with E-state index in [9.17, 15) is 4.39 Å². The molecule has 16 heavy (non-hydrogen) atoms. The summed E-state index contributed by atoms with van der Waals surface area (Å²) in [6.07, 6.45) is 6.99. The van der Waals surface area contributed by atoms with Crippen LogP contribution in [0.25, 0.3) is 0 Å². The first-order chi connectivity index (χ1) is 7.75. The van der Waals surface area contributed by atoms with Gasteiger partial charge in [0.25, 0.3) is 0 Å². The van der Waals surface area contributed by atoms with Crippen LogP contribution in [-0.2, 0) is 6.42 Å². The van der Waals surface area contributed by atoms with E-state index in [1.54, 1.807) is 6.07 Å². The molecule has 88 valence electrons. The topological polar surface area (TPSA) is 0 Å². The molecule has 1 unspecified atom stereocenters. The molecular formula is C14H18ClF. The summed E-state index contributed by atoms with van der Waals surface area (Å²) in [5.41, 5.74) is 0.750. The third-order valence-corrected chi connectivity index (χ3v) is 3.80. The fraction of sp³-hybridized carbons (Fsp3) is 0.571. The van der Waals surface area contributed by atoms with Crippen LogP contribution in [0.15, 0.2) is 24.3 Å². The van der Waals surface area contributed by atoms with Crippen molar-refractivity contribution in [2.24, 2.45) is 5.92 Å². The molecule has 0 nitrogen and oxygen atoms in total. The zero-order valence-corrected chi connectivity index (χ0v) is 10.2. The van der Waals surface area contributed by atoms with Gasteiger partial charge in [0.05, 0.1) is 0 Å². The number of benzene rings is 1. The van der Waals surface area contributed by atoms with Gasteiger partial charge in [0.2, 0.25) is 0 Å². The van der Waals surface area contributed by atoms with Gasteiger partial charge in [-0.05, 0) is 30.4 Å². The minimum Gasteiger partial charge on any atom is -0.207 e. The lowest BCUT2D eigenvalue weighted by Crippen LogP contribution is -2.10. The molecule has 1 aromatic carbocycles. The van der Waals surface area contributed by atoms with E-state index in [1.807, 2.05) is 12.1 Å². The Morgan fingerprint density at radius 1 is 1.25 bits per heavy atom. The van der Waals surface area contributed by atoms with E-state index in [1.165, 1.54) is 31.7 Å². The van der Waals surface area contributed by atoms with Gasteiger partial charge < -0.3 is 0 Å². The van der Waals surface area contributed by atoms with E-state index >= 15 is 0 Å². The van der Waals surface area contributed by atoms with Crippen LogP contribution in [0.1, 0.15) is 37.7 Å². The Morgan fingerprint density at radius 3 is 2.62 bits per heavy atom. The molecule has 0 amide bonds. The summed E-state index contributed by atoms with van der Waals surface area (Å²) >= 11 is 6.30. The van der Waals surface area contributed by atoms with Gasteiger partial charge in [0.1, 0.15) is 5.82 Å². The summed E-state index contributed by atoms with van der Waals surface area (Å²) in [5.74, 6) is 0.647. The van der Waals surface area contributed by atoms with E-state index in [-0.39, 0.29) is 11.2 Å². The molecule has 0 bridgehead atoms. The van der Waals surface area contributed by atoms with Crippen molar-refractivity contribution in [1.29, 1.82) is 0 Å². The standard InChI is InChI=1S/C14H18ClF/c15-13(9-11-5-1-2-6-11)10-12-7-3-4-8-14(12)16/h3-4,7-8,11,13H,1-2,5-6,9-10H2. The number of alkyl halides is 1. The zero-order chi connectivity index (χ0) is 11.4. The molecule has 2 rings (SSSR count). The van der Waals surface area contributed by atoms with Crippen LogP contribution in [0.2, 0.25) is 0 Å². The van der Waals surface area contributed by atoms with Crippen LogP contribution >= 0.6 is 11.6 Å². The summed E-state index contributed by atoms with van der Waals surface area (Å²) in [5, 5.41) is 0.0833. The highest BCUT2D eigenvalue weighted by molar-refractivity contribution is 6.20. The minimum atomic E-state index is -0.125. The van der Waals surface area contributed by atoms with Gasteiger partial charge in [0, 0.05) is 5.38 Å². The predicted octanol–water partition coefficient (Wildman–Crippen LogP) is 4.56. The zero-order valence-electron chi connectivity index (χ0n) is 9.46.